The van der Waals surface area contributed by atoms with E-state index in [0.717, 1.165) is 31.7 Å². The van der Waals surface area contributed by atoms with Gasteiger partial charge in [-0.2, -0.15) is 13.2 Å². The summed E-state index contributed by atoms with van der Waals surface area (Å²) >= 11 is 1.28. The Labute approximate surface area is 188 Å². The first-order chi connectivity index (χ1) is 15.4. The van der Waals surface area contributed by atoms with Gasteiger partial charge in [0.1, 0.15) is 11.4 Å². The second kappa shape index (κ2) is 9.77. The molecule has 2 aromatic heterocycles. The SMILES string of the molecule is COc1cccc(-c2csc(Nc3ccc(OCC4CCCCC4)c(C(F)(F)F)c3)n2)n1. The molecule has 1 saturated carbocycles. The molecule has 0 spiro atoms. The van der Waals surface area contributed by atoms with E-state index in [1.54, 1.807) is 29.6 Å². The predicted molar refractivity (Wildman–Crippen MR) is 119 cm³/mol. The van der Waals surface area contributed by atoms with E-state index in [0.29, 0.717) is 40.6 Å². The first-order valence-electron chi connectivity index (χ1n) is 10.5. The summed E-state index contributed by atoms with van der Waals surface area (Å²) in [7, 11) is 1.53. The van der Waals surface area contributed by atoms with Gasteiger partial charge in [-0.15, -0.1) is 11.3 Å². The maximum absolute atomic E-state index is 13.7. The van der Waals surface area contributed by atoms with Crippen molar-refractivity contribution in [3.05, 3.63) is 47.3 Å². The number of ether oxygens (including phenoxy) is 2. The van der Waals surface area contributed by atoms with E-state index in [4.69, 9.17) is 9.47 Å². The minimum absolute atomic E-state index is 0.131. The largest absolute Gasteiger partial charge is 0.493 e. The average Bonchev–Trinajstić information content (AvgIpc) is 3.27. The van der Waals surface area contributed by atoms with Gasteiger partial charge in [0.15, 0.2) is 5.13 Å². The Hall–Kier alpha value is -2.81. The quantitative estimate of drug-likeness (QED) is 0.411. The van der Waals surface area contributed by atoms with Crippen LogP contribution in [0, 0.1) is 5.92 Å². The highest BCUT2D eigenvalue weighted by molar-refractivity contribution is 7.14. The molecule has 0 radical (unpaired) electrons. The van der Waals surface area contributed by atoms with Crippen LogP contribution < -0.4 is 14.8 Å². The lowest BCUT2D eigenvalue weighted by Gasteiger charge is -2.23. The van der Waals surface area contributed by atoms with Crippen molar-refractivity contribution in [3.63, 3.8) is 0 Å². The number of hydrogen-bond acceptors (Lipinski definition) is 6. The Morgan fingerprint density at radius 3 is 2.62 bits per heavy atom. The second-order valence-electron chi connectivity index (χ2n) is 7.75. The summed E-state index contributed by atoms with van der Waals surface area (Å²) in [4.78, 5) is 8.77. The van der Waals surface area contributed by atoms with E-state index < -0.39 is 11.7 Å². The van der Waals surface area contributed by atoms with Crippen LogP contribution in [-0.2, 0) is 6.18 Å². The summed E-state index contributed by atoms with van der Waals surface area (Å²) in [5, 5.41) is 5.22. The summed E-state index contributed by atoms with van der Waals surface area (Å²) in [6.07, 6.45) is 0.925. The van der Waals surface area contributed by atoms with Crippen molar-refractivity contribution in [2.45, 2.75) is 38.3 Å². The molecular weight excluding hydrogens is 439 g/mol. The van der Waals surface area contributed by atoms with E-state index in [9.17, 15) is 13.2 Å². The molecule has 0 amide bonds. The number of rotatable bonds is 7. The fraction of sp³-hybridized carbons (Fsp3) is 0.391. The van der Waals surface area contributed by atoms with E-state index in [1.807, 2.05) is 0 Å². The third kappa shape index (κ3) is 5.51. The number of nitrogens with zero attached hydrogens (tertiary/aromatic N) is 2. The van der Waals surface area contributed by atoms with E-state index >= 15 is 0 Å². The van der Waals surface area contributed by atoms with E-state index in [1.165, 1.54) is 30.9 Å². The third-order valence-corrected chi connectivity index (χ3v) is 6.19. The van der Waals surface area contributed by atoms with Crippen LogP contribution in [0.2, 0.25) is 0 Å². The number of halogens is 3. The van der Waals surface area contributed by atoms with Crippen LogP contribution in [0.3, 0.4) is 0 Å². The summed E-state index contributed by atoms with van der Waals surface area (Å²) in [5.41, 5.74) is 0.738. The van der Waals surface area contributed by atoms with Crippen molar-refractivity contribution < 1.29 is 22.6 Å². The molecule has 5 nitrogen and oxygen atoms in total. The number of hydrogen-bond donors (Lipinski definition) is 1. The van der Waals surface area contributed by atoms with Crippen LogP contribution in [0.25, 0.3) is 11.4 Å². The van der Waals surface area contributed by atoms with Gasteiger partial charge in [-0.1, -0.05) is 25.3 Å². The van der Waals surface area contributed by atoms with Gasteiger partial charge in [0.05, 0.1) is 25.0 Å². The molecule has 1 aliphatic carbocycles. The summed E-state index contributed by atoms with van der Waals surface area (Å²) in [6, 6.07) is 9.35. The third-order valence-electron chi connectivity index (χ3n) is 5.43. The Bertz CT molecular complexity index is 1050. The molecule has 170 valence electrons. The molecule has 0 aliphatic heterocycles. The smallest absolute Gasteiger partial charge is 0.420 e. The van der Waals surface area contributed by atoms with Gasteiger partial charge in [0, 0.05) is 17.1 Å². The highest BCUT2D eigenvalue weighted by atomic mass is 32.1. The Morgan fingerprint density at radius 2 is 1.88 bits per heavy atom. The number of anilines is 2. The molecule has 0 saturated heterocycles. The maximum Gasteiger partial charge on any atom is 0.420 e. The van der Waals surface area contributed by atoms with Gasteiger partial charge < -0.3 is 14.8 Å². The van der Waals surface area contributed by atoms with Crippen molar-refractivity contribution in [2.75, 3.05) is 19.0 Å². The van der Waals surface area contributed by atoms with Crippen molar-refractivity contribution in [3.8, 4) is 23.0 Å². The molecule has 2 heterocycles. The lowest BCUT2D eigenvalue weighted by atomic mass is 9.90. The molecule has 1 N–H and O–H groups in total. The van der Waals surface area contributed by atoms with Gasteiger partial charge in [0.25, 0.3) is 0 Å². The molecule has 32 heavy (non-hydrogen) atoms. The molecule has 0 bridgehead atoms. The van der Waals surface area contributed by atoms with E-state index in [-0.39, 0.29) is 5.75 Å². The standard InChI is InChI=1S/C23H24F3N3O2S/c1-30-21-9-5-8-18(28-21)19-14-32-22(29-19)27-16-10-11-20(17(12-16)23(24,25)26)31-13-15-6-3-2-4-7-15/h5,8-12,14-15H,2-4,6-7,13H2,1H3,(H,27,29). The zero-order valence-corrected chi connectivity index (χ0v) is 18.4. The Balaban J connectivity index is 1.49. The average molecular weight is 464 g/mol. The molecule has 9 heteroatoms. The van der Waals surface area contributed by atoms with Gasteiger partial charge in [-0.25, -0.2) is 9.97 Å². The minimum Gasteiger partial charge on any atom is -0.493 e. The molecule has 3 aromatic rings. The van der Waals surface area contributed by atoms with Crippen LogP contribution in [-0.4, -0.2) is 23.7 Å². The Morgan fingerprint density at radius 1 is 1.06 bits per heavy atom. The molecule has 1 fully saturated rings. The molecule has 1 aromatic carbocycles. The lowest BCUT2D eigenvalue weighted by Crippen LogP contribution is -2.17. The molecule has 1 aliphatic rings. The van der Waals surface area contributed by atoms with Crippen molar-refractivity contribution in [2.24, 2.45) is 5.92 Å². The minimum atomic E-state index is -4.52. The Kier molecular flexibility index (Phi) is 6.83. The number of benzene rings is 1. The van der Waals surface area contributed by atoms with Crippen LogP contribution in [0.5, 0.6) is 11.6 Å². The summed E-state index contributed by atoms with van der Waals surface area (Å²) < 4.78 is 51.8. The van der Waals surface area contributed by atoms with Gasteiger partial charge in [-0.3, -0.25) is 0 Å². The fourth-order valence-corrected chi connectivity index (χ4v) is 4.48. The molecule has 0 atom stereocenters. The van der Waals surface area contributed by atoms with Gasteiger partial charge >= 0.3 is 6.18 Å². The van der Waals surface area contributed by atoms with E-state index in [2.05, 4.69) is 15.3 Å². The summed E-state index contributed by atoms with van der Waals surface area (Å²) in [5.74, 6) is 0.652. The van der Waals surface area contributed by atoms with Crippen molar-refractivity contribution >= 4 is 22.2 Å². The van der Waals surface area contributed by atoms with Crippen LogP contribution in [0.15, 0.2) is 41.8 Å². The number of alkyl halides is 3. The van der Waals surface area contributed by atoms with Crippen molar-refractivity contribution in [1.29, 1.82) is 0 Å². The predicted octanol–water partition coefficient (Wildman–Crippen LogP) is 6.94. The first kappa shape index (κ1) is 22.4. The molecule has 0 unspecified atom stereocenters. The number of aromatic nitrogens is 2. The van der Waals surface area contributed by atoms with Gasteiger partial charge in [0.2, 0.25) is 5.88 Å². The maximum atomic E-state index is 13.7. The van der Waals surface area contributed by atoms with Crippen LogP contribution in [0.1, 0.15) is 37.7 Å². The fourth-order valence-electron chi connectivity index (χ4n) is 3.76. The van der Waals surface area contributed by atoms with Crippen molar-refractivity contribution in [1.82, 2.24) is 9.97 Å². The lowest BCUT2D eigenvalue weighted by molar-refractivity contribution is -0.139. The number of methoxy groups -OCH3 is 1. The highest BCUT2D eigenvalue weighted by Crippen LogP contribution is 2.39. The monoisotopic (exact) mass is 463 g/mol. The highest BCUT2D eigenvalue weighted by Gasteiger charge is 2.35. The number of nitrogens with one attached hydrogen (secondary N) is 1. The topological polar surface area (TPSA) is 56.3 Å². The molecule has 4 rings (SSSR count). The zero-order chi connectivity index (χ0) is 22.6. The normalized spacial score (nSPS) is 14.9. The molecular formula is C23H24F3N3O2S. The second-order valence-corrected chi connectivity index (χ2v) is 8.61. The number of thiazole rings is 1. The van der Waals surface area contributed by atoms with Crippen LogP contribution in [0.4, 0.5) is 24.0 Å². The van der Waals surface area contributed by atoms with Crippen LogP contribution >= 0.6 is 11.3 Å². The number of pyridine rings is 1. The first-order valence-corrected chi connectivity index (χ1v) is 11.4. The zero-order valence-electron chi connectivity index (χ0n) is 17.6. The van der Waals surface area contributed by atoms with Gasteiger partial charge in [-0.05, 0) is 43.0 Å². The summed E-state index contributed by atoms with van der Waals surface area (Å²) in [6.45, 7) is 0.319.